The Morgan fingerprint density at radius 3 is 2.52 bits per heavy atom. The fraction of sp³-hybridized carbons (Fsp3) is 0.467. The molecule has 1 aromatic rings. The summed E-state index contributed by atoms with van der Waals surface area (Å²) >= 11 is 0. The Bertz CT molecular complexity index is 544. The average Bonchev–Trinajstić information content (AvgIpc) is 2.95. The smallest absolute Gasteiger partial charge is 0.251 e. The second kappa shape index (κ2) is 6.47. The molecule has 1 heterocycles. The molecule has 1 saturated heterocycles. The Morgan fingerprint density at radius 1 is 1.24 bits per heavy atom. The number of ether oxygens (including phenoxy) is 2. The molecule has 0 bridgehead atoms. The highest BCUT2D eigenvalue weighted by molar-refractivity contribution is 5.95. The summed E-state index contributed by atoms with van der Waals surface area (Å²) in [5, 5.41) is 2.94. The lowest BCUT2D eigenvalue weighted by atomic mass is 10.1. The van der Waals surface area contributed by atoms with Crippen LogP contribution in [-0.4, -0.2) is 50.1 Å². The van der Waals surface area contributed by atoms with Crippen molar-refractivity contribution < 1.29 is 19.1 Å². The van der Waals surface area contributed by atoms with Crippen LogP contribution in [0.3, 0.4) is 0 Å². The number of carbonyl (C=O) groups excluding carboxylic acids is 2. The summed E-state index contributed by atoms with van der Waals surface area (Å²) in [6.45, 7) is 2.79. The van der Waals surface area contributed by atoms with Crippen LogP contribution in [0.1, 0.15) is 23.7 Å². The Balaban J connectivity index is 2.02. The Morgan fingerprint density at radius 2 is 1.95 bits per heavy atom. The van der Waals surface area contributed by atoms with Crippen molar-refractivity contribution >= 4 is 11.8 Å². The molecule has 0 spiro atoms. The van der Waals surface area contributed by atoms with E-state index in [2.05, 4.69) is 5.32 Å². The number of rotatable bonds is 4. The van der Waals surface area contributed by atoms with Gasteiger partial charge in [-0.25, -0.2) is 0 Å². The quantitative estimate of drug-likeness (QED) is 0.901. The molecule has 6 nitrogen and oxygen atoms in total. The number of carbonyl (C=O) groups is 2. The van der Waals surface area contributed by atoms with Crippen molar-refractivity contribution in [1.29, 1.82) is 0 Å². The molecule has 6 heteroatoms. The van der Waals surface area contributed by atoms with Crippen molar-refractivity contribution in [1.82, 2.24) is 10.2 Å². The minimum atomic E-state index is -0.175. The summed E-state index contributed by atoms with van der Waals surface area (Å²) in [7, 11) is 3.08. The Hall–Kier alpha value is -2.24. The maximum absolute atomic E-state index is 12.2. The highest BCUT2D eigenvalue weighted by Crippen LogP contribution is 2.27. The number of amides is 2. The average molecular weight is 292 g/mol. The van der Waals surface area contributed by atoms with Gasteiger partial charge in [0.05, 0.1) is 14.2 Å². The van der Waals surface area contributed by atoms with Crippen LogP contribution in [0.2, 0.25) is 0 Å². The second-order valence-electron chi connectivity index (χ2n) is 4.99. The van der Waals surface area contributed by atoms with E-state index in [0.717, 1.165) is 6.42 Å². The Kier molecular flexibility index (Phi) is 4.67. The molecule has 21 heavy (non-hydrogen) atoms. The van der Waals surface area contributed by atoms with Gasteiger partial charge in [-0.3, -0.25) is 9.59 Å². The second-order valence-corrected chi connectivity index (χ2v) is 4.99. The van der Waals surface area contributed by atoms with Crippen molar-refractivity contribution in [3.63, 3.8) is 0 Å². The molecular formula is C15H20N2O4. The molecular weight excluding hydrogens is 272 g/mol. The third-order valence-electron chi connectivity index (χ3n) is 3.61. The maximum Gasteiger partial charge on any atom is 0.251 e. The van der Waals surface area contributed by atoms with Crippen LogP contribution >= 0.6 is 0 Å². The van der Waals surface area contributed by atoms with E-state index in [1.165, 1.54) is 7.11 Å². The predicted molar refractivity (Wildman–Crippen MR) is 77.7 cm³/mol. The van der Waals surface area contributed by atoms with Gasteiger partial charge in [0.2, 0.25) is 5.91 Å². The first kappa shape index (κ1) is 15.2. The third-order valence-corrected chi connectivity index (χ3v) is 3.61. The molecule has 1 atom stereocenters. The number of hydrogen-bond donors (Lipinski definition) is 1. The fourth-order valence-electron chi connectivity index (χ4n) is 2.41. The van der Waals surface area contributed by atoms with Gasteiger partial charge < -0.3 is 19.7 Å². The SMILES string of the molecule is COc1ccc(C(=O)NC2CCN(C(C)=O)C2)cc1OC. The summed E-state index contributed by atoms with van der Waals surface area (Å²) in [6.07, 6.45) is 0.776. The van der Waals surface area contributed by atoms with Crippen molar-refractivity contribution in [3.05, 3.63) is 23.8 Å². The molecule has 2 amide bonds. The van der Waals surface area contributed by atoms with Crippen molar-refractivity contribution in [2.75, 3.05) is 27.3 Å². The number of hydrogen-bond acceptors (Lipinski definition) is 4. The van der Waals surface area contributed by atoms with Crippen molar-refractivity contribution in [2.45, 2.75) is 19.4 Å². The lowest BCUT2D eigenvalue weighted by Crippen LogP contribution is -2.38. The van der Waals surface area contributed by atoms with Gasteiger partial charge in [-0.05, 0) is 24.6 Å². The van der Waals surface area contributed by atoms with Gasteiger partial charge in [0.25, 0.3) is 5.91 Å². The first-order valence-corrected chi connectivity index (χ1v) is 6.83. The zero-order chi connectivity index (χ0) is 15.4. The van der Waals surface area contributed by atoms with E-state index >= 15 is 0 Å². The molecule has 0 aliphatic carbocycles. The number of nitrogens with zero attached hydrogens (tertiary/aromatic N) is 1. The molecule has 1 aliphatic rings. The van der Waals surface area contributed by atoms with E-state index in [9.17, 15) is 9.59 Å². The summed E-state index contributed by atoms with van der Waals surface area (Å²) in [6, 6.07) is 5.03. The molecule has 2 rings (SSSR count). The summed E-state index contributed by atoms with van der Waals surface area (Å²) < 4.78 is 10.3. The predicted octanol–water partition coefficient (Wildman–Crippen LogP) is 1.05. The van der Waals surface area contributed by atoms with Gasteiger partial charge in [-0.15, -0.1) is 0 Å². The first-order valence-electron chi connectivity index (χ1n) is 6.83. The van der Waals surface area contributed by atoms with E-state index in [1.807, 2.05) is 0 Å². The lowest BCUT2D eigenvalue weighted by Gasteiger charge is -2.15. The monoisotopic (exact) mass is 292 g/mol. The van der Waals surface area contributed by atoms with E-state index in [0.29, 0.717) is 30.2 Å². The number of methoxy groups -OCH3 is 2. The van der Waals surface area contributed by atoms with E-state index in [-0.39, 0.29) is 17.9 Å². The van der Waals surface area contributed by atoms with Crippen LogP contribution in [0, 0.1) is 0 Å². The normalized spacial score (nSPS) is 17.5. The fourth-order valence-corrected chi connectivity index (χ4v) is 2.41. The lowest BCUT2D eigenvalue weighted by molar-refractivity contribution is -0.127. The van der Waals surface area contributed by atoms with Crippen molar-refractivity contribution in [2.24, 2.45) is 0 Å². The van der Waals surface area contributed by atoms with Crippen LogP contribution in [0.15, 0.2) is 18.2 Å². The van der Waals surface area contributed by atoms with Gasteiger partial charge in [-0.1, -0.05) is 0 Å². The maximum atomic E-state index is 12.2. The van der Waals surface area contributed by atoms with Gasteiger partial charge in [0.1, 0.15) is 0 Å². The molecule has 0 aromatic heterocycles. The first-order chi connectivity index (χ1) is 10.0. The van der Waals surface area contributed by atoms with Crippen LogP contribution in [-0.2, 0) is 4.79 Å². The summed E-state index contributed by atoms with van der Waals surface area (Å²) in [5.41, 5.74) is 0.508. The Labute approximate surface area is 124 Å². The highest BCUT2D eigenvalue weighted by Gasteiger charge is 2.25. The molecule has 0 radical (unpaired) electrons. The minimum Gasteiger partial charge on any atom is -0.493 e. The summed E-state index contributed by atoms with van der Waals surface area (Å²) in [4.78, 5) is 25.3. The van der Waals surface area contributed by atoms with E-state index < -0.39 is 0 Å². The van der Waals surface area contributed by atoms with Crippen LogP contribution in [0.5, 0.6) is 11.5 Å². The molecule has 1 N–H and O–H groups in total. The minimum absolute atomic E-state index is 0.00510. The molecule has 0 saturated carbocycles. The standard InChI is InChI=1S/C15H20N2O4/c1-10(18)17-7-6-12(9-17)16-15(19)11-4-5-13(20-2)14(8-11)21-3/h4-5,8,12H,6-7,9H2,1-3H3,(H,16,19). The van der Waals surface area contributed by atoms with Gasteiger partial charge >= 0.3 is 0 Å². The van der Waals surface area contributed by atoms with Crippen LogP contribution in [0.4, 0.5) is 0 Å². The van der Waals surface area contributed by atoms with Gasteiger partial charge in [0.15, 0.2) is 11.5 Å². The number of likely N-dealkylation sites (tertiary alicyclic amines) is 1. The van der Waals surface area contributed by atoms with E-state index in [1.54, 1.807) is 37.1 Å². The van der Waals surface area contributed by atoms with Gasteiger partial charge in [-0.2, -0.15) is 0 Å². The highest BCUT2D eigenvalue weighted by atomic mass is 16.5. The topological polar surface area (TPSA) is 67.9 Å². The molecule has 1 aromatic carbocycles. The van der Waals surface area contributed by atoms with Gasteiger partial charge in [0, 0.05) is 31.6 Å². The van der Waals surface area contributed by atoms with Crippen LogP contribution in [0.25, 0.3) is 0 Å². The van der Waals surface area contributed by atoms with Crippen LogP contribution < -0.4 is 14.8 Å². The number of nitrogens with one attached hydrogen (secondary N) is 1. The van der Waals surface area contributed by atoms with E-state index in [4.69, 9.17) is 9.47 Å². The zero-order valence-corrected chi connectivity index (χ0v) is 12.5. The third kappa shape index (κ3) is 3.45. The largest absolute Gasteiger partial charge is 0.493 e. The molecule has 114 valence electrons. The summed E-state index contributed by atoms with van der Waals surface area (Å²) in [5.74, 6) is 0.962. The van der Waals surface area contributed by atoms with Crippen molar-refractivity contribution in [3.8, 4) is 11.5 Å². The molecule has 1 unspecified atom stereocenters. The zero-order valence-electron chi connectivity index (χ0n) is 12.5. The molecule has 1 aliphatic heterocycles. The number of benzene rings is 1. The molecule has 1 fully saturated rings.